The van der Waals surface area contributed by atoms with Crippen LogP contribution in [0.25, 0.3) is 0 Å². The number of benzene rings is 1. The van der Waals surface area contributed by atoms with E-state index in [1.807, 2.05) is 6.92 Å². The number of esters is 1. The third kappa shape index (κ3) is 3.07. The zero-order chi connectivity index (χ0) is 12.8. The first-order valence-corrected chi connectivity index (χ1v) is 5.64. The fraction of sp³-hybridized carbons (Fsp3) is 0.143. The summed E-state index contributed by atoms with van der Waals surface area (Å²) in [4.78, 5) is 15.6. The summed E-state index contributed by atoms with van der Waals surface area (Å²) in [6.07, 6.45) is 3.10. The Morgan fingerprint density at radius 1 is 1.06 bits per heavy atom. The average molecular weight is 243 g/mol. The van der Waals surface area contributed by atoms with E-state index in [0.29, 0.717) is 17.9 Å². The monoisotopic (exact) mass is 243 g/mol. The van der Waals surface area contributed by atoms with Gasteiger partial charge in [-0.3, -0.25) is 4.98 Å². The fourth-order valence-electron chi connectivity index (χ4n) is 1.42. The second-order valence-electron chi connectivity index (χ2n) is 3.53. The van der Waals surface area contributed by atoms with E-state index >= 15 is 0 Å². The van der Waals surface area contributed by atoms with E-state index in [9.17, 15) is 4.79 Å². The fourth-order valence-corrected chi connectivity index (χ4v) is 1.42. The lowest BCUT2D eigenvalue weighted by Crippen LogP contribution is -2.08. The molecule has 0 N–H and O–H groups in total. The van der Waals surface area contributed by atoms with Gasteiger partial charge in [-0.25, -0.2) is 4.79 Å². The number of rotatable bonds is 4. The first kappa shape index (κ1) is 12.1. The summed E-state index contributed by atoms with van der Waals surface area (Å²) in [5.41, 5.74) is 0.471. The zero-order valence-electron chi connectivity index (χ0n) is 10.00. The van der Waals surface area contributed by atoms with E-state index in [4.69, 9.17) is 9.47 Å². The molecular formula is C14H13NO3. The Bertz CT molecular complexity index is 508. The molecule has 0 aliphatic carbocycles. The summed E-state index contributed by atoms with van der Waals surface area (Å²) in [6.45, 7) is 2.52. The second kappa shape index (κ2) is 5.82. The Morgan fingerprint density at radius 3 is 2.28 bits per heavy atom. The van der Waals surface area contributed by atoms with Crippen LogP contribution in [0.3, 0.4) is 0 Å². The van der Waals surface area contributed by atoms with Crippen molar-refractivity contribution in [2.75, 3.05) is 6.61 Å². The van der Waals surface area contributed by atoms with Crippen LogP contribution in [0, 0.1) is 0 Å². The molecule has 0 atom stereocenters. The van der Waals surface area contributed by atoms with Crippen molar-refractivity contribution in [2.45, 2.75) is 6.92 Å². The summed E-state index contributed by atoms with van der Waals surface area (Å²) >= 11 is 0. The largest absolute Gasteiger partial charge is 0.494 e. The van der Waals surface area contributed by atoms with E-state index in [2.05, 4.69) is 4.98 Å². The van der Waals surface area contributed by atoms with E-state index < -0.39 is 5.97 Å². The molecule has 0 unspecified atom stereocenters. The molecule has 0 bridgehead atoms. The summed E-state index contributed by atoms with van der Waals surface area (Å²) in [6, 6.07) is 10.1. The van der Waals surface area contributed by atoms with E-state index in [-0.39, 0.29) is 0 Å². The van der Waals surface area contributed by atoms with E-state index in [0.717, 1.165) is 5.75 Å². The molecule has 4 nitrogen and oxygen atoms in total. The third-order valence-corrected chi connectivity index (χ3v) is 2.26. The van der Waals surface area contributed by atoms with Crippen molar-refractivity contribution in [3.8, 4) is 11.5 Å². The van der Waals surface area contributed by atoms with Crippen LogP contribution in [-0.4, -0.2) is 17.6 Å². The van der Waals surface area contributed by atoms with Crippen molar-refractivity contribution < 1.29 is 14.3 Å². The van der Waals surface area contributed by atoms with Gasteiger partial charge in [-0.15, -0.1) is 0 Å². The van der Waals surface area contributed by atoms with Gasteiger partial charge in [-0.1, -0.05) is 0 Å². The molecule has 0 radical (unpaired) electrons. The predicted molar refractivity (Wildman–Crippen MR) is 66.8 cm³/mol. The van der Waals surface area contributed by atoms with Gasteiger partial charge < -0.3 is 9.47 Å². The van der Waals surface area contributed by atoms with Crippen LogP contribution < -0.4 is 9.47 Å². The van der Waals surface area contributed by atoms with Crippen LogP contribution in [0.5, 0.6) is 11.5 Å². The third-order valence-electron chi connectivity index (χ3n) is 2.26. The Balaban J connectivity index is 2.03. The van der Waals surface area contributed by atoms with Crippen molar-refractivity contribution in [1.82, 2.24) is 4.98 Å². The lowest BCUT2D eigenvalue weighted by molar-refractivity contribution is 0.0734. The van der Waals surface area contributed by atoms with Gasteiger partial charge in [0.15, 0.2) is 0 Å². The van der Waals surface area contributed by atoms with Gasteiger partial charge >= 0.3 is 5.97 Å². The number of carbonyl (C=O) groups excluding carboxylic acids is 1. The topological polar surface area (TPSA) is 48.4 Å². The maximum Gasteiger partial charge on any atom is 0.343 e. The van der Waals surface area contributed by atoms with Crippen LogP contribution in [0.2, 0.25) is 0 Å². The van der Waals surface area contributed by atoms with Crippen LogP contribution >= 0.6 is 0 Å². The Kier molecular flexibility index (Phi) is 3.91. The summed E-state index contributed by atoms with van der Waals surface area (Å²) in [5, 5.41) is 0. The van der Waals surface area contributed by atoms with Crippen molar-refractivity contribution >= 4 is 5.97 Å². The molecule has 2 rings (SSSR count). The number of hydrogen-bond donors (Lipinski definition) is 0. The summed E-state index contributed by atoms with van der Waals surface area (Å²) in [5.74, 6) is 0.836. The minimum atomic E-state index is -0.401. The molecule has 2 aromatic rings. The Morgan fingerprint density at radius 2 is 1.67 bits per heavy atom. The molecule has 1 aromatic carbocycles. The molecule has 0 saturated heterocycles. The Labute approximate surface area is 105 Å². The van der Waals surface area contributed by atoms with Crippen molar-refractivity contribution in [3.05, 3.63) is 54.4 Å². The van der Waals surface area contributed by atoms with Crippen LogP contribution in [-0.2, 0) is 0 Å². The van der Waals surface area contributed by atoms with E-state index in [1.165, 1.54) is 0 Å². The smallest absolute Gasteiger partial charge is 0.343 e. The number of aromatic nitrogens is 1. The SMILES string of the molecule is CCOc1ccc(OC(=O)c2ccncc2)cc1. The van der Waals surface area contributed by atoms with Gasteiger partial charge in [-0.05, 0) is 43.3 Å². The minimum Gasteiger partial charge on any atom is -0.494 e. The highest BCUT2D eigenvalue weighted by Gasteiger charge is 2.07. The van der Waals surface area contributed by atoms with Gasteiger partial charge in [0.25, 0.3) is 0 Å². The average Bonchev–Trinajstić information content (AvgIpc) is 2.42. The lowest BCUT2D eigenvalue weighted by atomic mass is 10.3. The number of carbonyl (C=O) groups is 1. The van der Waals surface area contributed by atoms with Gasteiger partial charge in [0.2, 0.25) is 0 Å². The normalized spacial score (nSPS) is 9.83. The van der Waals surface area contributed by atoms with Crippen LogP contribution in [0.4, 0.5) is 0 Å². The zero-order valence-corrected chi connectivity index (χ0v) is 10.00. The van der Waals surface area contributed by atoms with Gasteiger partial charge in [0.1, 0.15) is 11.5 Å². The molecule has 0 spiro atoms. The second-order valence-corrected chi connectivity index (χ2v) is 3.53. The molecule has 1 aromatic heterocycles. The summed E-state index contributed by atoms with van der Waals surface area (Å²) in [7, 11) is 0. The molecular weight excluding hydrogens is 230 g/mol. The highest BCUT2D eigenvalue weighted by atomic mass is 16.5. The number of hydrogen-bond acceptors (Lipinski definition) is 4. The molecule has 0 amide bonds. The van der Waals surface area contributed by atoms with Crippen molar-refractivity contribution in [2.24, 2.45) is 0 Å². The van der Waals surface area contributed by atoms with E-state index in [1.54, 1.807) is 48.8 Å². The molecule has 18 heavy (non-hydrogen) atoms. The summed E-state index contributed by atoms with van der Waals surface area (Å²) < 4.78 is 10.5. The molecule has 4 heteroatoms. The molecule has 0 saturated carbocycles. The molecule has 0 aliphatic heterocycles. The van der Waals surface area contributed by atoms with Crippen LogP contribution in [0.1, 0.15) is 17.3 Å². The van der Waals surface area contributed by atoms with Crippen LogP contribution in [0.15, 0.2) is 48.8 Å². The highest BCUT2D eigenvalue weighted by Crippen LogP contribution is 2.18. The lowest BCUT2D eigenvalue weighted by Gasteiger charge is -2.06. The van der Waals surface area contributed by atoms with Gasteiger partial charge in [0.05, 0.1) is 12.2 Å². The maximum absolute atomic E-state index is 11.7. The molecule has 0 aliphatic rings. The highest BCUT2D eigenvalue weighted by molar-refractivity contribution is 5.90. The first-order chi connectivity index (χ1) is 8.79. The Hall–Kier alpha value is -2.36. The number of nitrogens with zero attached hydrogens (tertiary/aromatic N) is 1. The maximum atomic E-state index is 11.7. The quantitative estimate of drug-likeness (QED) is 0.612. The minimum absolute atomic E-state index is 0.401. The van der Waals surface area contributed by atoms with Crippen molar-refractivity contribution in [3.63, 3.8) is 0 Å². The van der Waals surface area contributed by atoms with Gasteiger partial charge in [0, 0.05) is 12.4 Å². The predicted octanol–water partition coefficient (Wildman–Crippen LogP) is 2.70. The molecule has 0 fully saturated rings. The molecule has 92 valence electrons. The first-order valence-electron chi connectivity index (χ1n) is 5.64. The number of ether oxygens (including phenoxy) is 2. The number of pyridine rings is 1. The standard InChI is InChI=1S/C14H13NO3/c1-2-17-12-3-5-13(6-4-12)18-14(16)11-7-9-15-10-8-11/h3-10H,2H2,1H3. The van der Waals surface area contributed by atoms with Gasteiger partial charge in [-0.2, -0.15) is 0 Å². The molecule has 1 heterocycles. The van der Waals surface area contributed by atoms with Crippen molar-refractivity contribution in [1.29, 1.82) is 0 Å².